The average molecular weight is 464 g/mol. The predicted octanol–water partition coefficient (Wildman–Crippen LogP) is 6.59. The standard InChI is InChI=1S/C20H18Cl2F3NO4/c1-9(2)18(27)26-16-5-4-12(8-13(16)20(23,24)25)30-17-14(21)6-11(7-15(17)22)10(3)19(28)29/h4-10H,1-3H3,(H,26,27)(H,28,29). The number of anilines is 1. The van der Waals surface area contributed by atoms with Crippen LogP contribution >= 0.6 is 23.2 Å². The van der Waals surface area contributed by atoms with E-state index in [-0.39, 0.29) is 21.5 Å². The molecule has 1 amide bonds. The third kappa shape index (κ3) is 5.58. The lowest BCUT2D eigenvalue weighted by molar-refractivity contribution is -0.138. The molecule has 162 valence electrons. The lowest BCUT2D eigenvalue weighted by atomic mass is 10.0. The second kappa shape index (κ2) is 9.14. The van der Waals surface area contributed by atoms with Gasteiger partial charge in [0.15, 0.2) is 5.75 Å². The molecule has 30 heavy (non-hydrogen) atoms. The van der Waals surface area contributed by atoms with E-state index in [9.17, 15) is 22.8 Å². The van der Waals surface area contributed by atoms with Gasteiger partial charge in [0.25, 0.3) is 0 Å². The molecule has 0 aliphatic rings. The van der Waals surface area contributed by atoms with E-state index in [0.717, 1.165) is 12.1 Å². The minimum Gasteiger partial charge on any atom is -0.481 e. The fourth-order valence-electron chi connectivity index (χ4n) is 2.39. The first-order valence-corrected chi connectivity index (χ1v) is 9.48. The summed E-state index contributed by atoms with van der Waals surface area (Å²) in [5, 5.41) is 11.2. The summed E-state index contributed by atoms with van der Waals surface area (Å²) in [4.78, 5) is 22.9. The normalized spacial score (nSPS) is 12.6. The summed E-state index contributed by atoms with van der Waals surface area (Å²) < 4.78 is 45.9. The maximum atomic E-state index is 13.5. The van der Waals surface area contributed by atoms with E-state index < -0.39 is 41.1 Å². The van der Waals surface area contributed by atoms with E-state index in [0.29, 0.717) is 5.56 Å². The van der Waals surface area contributed by atoms with Crippen molar-refractivity contribution < 1.29 is 32.6 Å². The summed E-state index contributed by atoms with van der Waals surface area (Å²) in [7, 11) is 0. The first kappa shape index (κ1) is 23.8. The van der Waals surface area contributed by atoms with Gasteiger partial charge in [-0.1, -0.05) is 37.0 Å². The number of carbonyl (C=O) groups excluding carboxylic acids is 1. The lowest BCUT2D eigenvalue weighted by Crippen LogP contribution is -2.20. The summed E-state index contributed by atoms with van der Waals surface area (Å²) in [5.41, 5.74) is -1.19. The molecular formula is C20H18Cl2F3NO4. The molecule has 1 unspecified atom stereocenters. The number of carboxylic acids is 1. The van der Waals surface area contributed by atoms with Crippen LogP contribution in [0.4, 0.5) is 18.9 Å². The highest BCUT2D eigenvalue weighted by molar-refractivity contribution is 6.37. The second-order valence-electron chi connectivity index (χ2n) is 6.82. The van der Waals surface area contributed by atoms with Crippen molar-refractivity contribution in [3.05, 3.63) is 51.5 Å². The van der Waals surface area contributed by atoms with Crippen LogP contribution in [0.15, 0.2) is 30.3 Å². The molecule has 2 rings (SSSR count). The van der Waals surface area contributed by atoms with Crippen molar-refractivity contribution in [1.82, 2.24) is 0 Å². The fraction of sp³-hybridized carbons (Fsp3) is 0.300. The molecule has 1 atom stereocenters. The Kier molecular flexibility index (Phi) is 7.26. The minimum absolute atomic E-state index is 0.0589. The highest BCUT2D eigenvalue weighted by Crippen LogP contribution is 2.42. The van der Waals surface area contributed by atoms with Crippen molar-refractivity contribution in [2.75, 3.05) is 5.32 Å². The quantitative estimate of drug-likeness (QED) is 0.506. The summed E-state index contributed by atoms with van der Waals surface area (Å²) >= 11 is 12.2. The van der Waals surface area contributed by atoms with Gasteiger partial charge in [-0.15, -0.1) is 0 Å². The van der Waals surface area contributed by atoms with Crippen LogP contribution in [0.25, 0.3) is 0 Å². The van der Waals surface area contributed by atoms with Gasteiger partial charge in [0, 0.05) is 5.92 Å². The van der Waals surface area contributed by atoms with Crippen molar-refractivity contribution in [2.45, 2.75) is 32.9 Å². The Morgan fingerprint density at radius 2 is 1.63 bits per heavy atom. The Labute approximate surface area is 180 Å². The van der Waals surface area contributed by atoms with E-state index in [1.54, 1.807) is 13.8 Å². The molecule has 5 nitrogen and oxygen atoms in total. The molecule has 0 aromatic heterocycles. The Hall–Kier alpha value is -2.45. The number of amides is 1. The van der Waals surface area contributed by atoms with Gasteiger partial charge in [0.2, 0.25) is 5.91 Å². The first-order chi connectivity index (χ1) is 13.8. The largest absolute Gasteiger partial charge is 0.481 e. The topological polar surface area (TPSA) is 75.6 Å². The molecule has 0 radical (unpaired) electrons. The molecule has 0 heterocycles. The molecule has 0 saturated carbocycles. The van der Waals surface area contributed by atoms with Gasteiger partial charge >= 0.3 is 12.1 Å². The molecule has 0 bridgehead atoms. The van der Waals surface area contributed by atoms with Crippen molar-refractivity contribution in [1.29, 1.82) is 0 Å². The lowest BCUT2D eigenvalue weighted by Gasteiger charge is -2.18. The van der Waals surface area contributed by atoms with Crippen LogP contribution in [0.5, 0.6) is 11.5 Å². The molecular weight excluding hydrogens is 446 g/mol. The number of hydrogen-bond acceptors (Lipinski definition) is 3. The van der Waals surface area contributed by atoms with Gasteiger partial charge in [-0.3, -0.25) is 9.59 Å². The zero-order valence-electron chi connectivity index (χ0n) is 16.1. The third-order valence-corrected chi connectivity index (χ3v) is 4.75. The number of rotatable bonds is 6. The van der Waals surface area contributed by atoms with Crippen LogP contribution in [0.2, 0.25) is 10.0 Å². The number of hydrogen-bond donors (Lipinski definition) is 2. The number of halogens is 5. The Bertz CT molecular complexity index is 954. The van der Waals surface area contributed by atoms with E-state index >= 15 is 0 Å². The molecule has 2 N–H and O–H groups in total. The monoisotopic (exact) mass is 463 g/mol. The second-order valence-corrected chi connectivity index (χ2v) is 7.64. The van der Waals surface area contributed by atoms with Gasteiger partial charge < -0.3 is 15.2 Å². The number of ether oxygens (including phenoxy) is 1. The maximum absolute atomic E-state index is 13.5. The van der Waals surface area contributed by atoms with Gasteiger partial charge in [0.05, 0.1) is 27.2 Å². The predicted molar refractivity (Wildman–Crippen MR) is 107 cm³/mol. The number of aliphatic carboxylic acids is 1. The van der Waals surface area contributed by atoms with Gasteiger partial charge in [0.1, 0.15) is 5.75 Å². The van der Waals surface area contributed by atoms with Crippen LogP contribution in [0.1, 0.15) is 37.8 Å². The third-order valence-electron chi connectivity index (χ3n) is 4.19. The van der Waals surface area contributed by atoms with Crippen LogP contribution in [0.3, 0.4) is 0 Å². The summed E-state index contributed by atoms with van der Waals surface area (Å²) in [6, 6.07) is 5.66. The molecule has 0 saturated heterocycles. The van der Waals surface area contributed by atoms with Gasteiger partial charge in [-0.05, 0) is 42.8 Å². The maximum Gasteiger partial charge on any atom is 0.418 e. The van der Waals surface area contributed by atoms with E-state index in [2.05, 4.69) is 5.32 Å². The number of carboxylic acid groups (broad SMARTS) is 1. The molecule has 0 aliphatic carbocycles. The van der Waals surface area contributed by atoms with Gasteiger partial charge in [-0.2, -0.15) is 13.2 Å². The summed E-state index contributed by atoms with van der Waals surface area (Å²) in [6.45, 7) is 4.54. The van der Waals surface area contributed by atoms with Crippen LogP contribution in [-0.2, 0) is 15.8 Å². The van der Waals surface area contributed by atoms with Crippen LogP contribution in [0, 0.1) is 5.92 Å². The SMILES string of the molecule is CC(C)C(=O)Nc1ccc(Oc2c(Cl)cc(C(C)C(=O)O)cc2Cl)cc1C(F)(F)F. The minimum atomic E-state index is -4.76. The van der Waals surface area contributed by atoms with E-state index in [1.807, 2.05) is 0 Å². The zero-order valence-corrected chi connectivity index (χ0v) is 17.6. The Morgan fingerprint density at radius 3 is 2.10 bits per heavy atom. The van der Waals surface area contributed by atoms with Crippen molar-refractivity contribution in [3.8, 4) is 11.5 Å². The van der Waals surface area contributed by atoms with Gasteiger partial charge in [-0.25, -0.2) is 0 Å². The molecule has 2 aromatic carbocycles. The first-order valence-electron chi connectivity index (χ1n) is 8.73. The average Bonchev–Trinajstić information content (AvgIpc) is 2.63. The molecule has 0 aliphatic heterocycles. The Balaban J connectivity index is 2.42. The number of benzene rings is 2. The van der Waals surface area contributed by atoms with Crippen molar-refractivity contribution in [2.24, 2.45) is 5.92 Å². The van der Waals surface area contributed by atoms with Crippen molar-refractivity contribution >= 4 is 40.8 Å². The Morgan fingerprint density at radius 1 is 1.07 bits per heavy atom. The van der Waals surface area contributed by atoms with E-state index in [1.165, 1.54) is 25.1 Å². The molecule has 2 aromatic rings. The highest BCUT2D eigenvalue weighted by atomic mass is 35.5. The van der Waals surface area contributed by atoms with E-state index in [4.69, 9.17) is 33.0 Å². The molecule has 0 spiro atoms. The molecule has 0 fully saturated rings. The number of nitrogens with one attached hydrogen (secondary N) is 1. The zero-order chi connectivity index (χ0) is 22.8. The number of alkyl halides is 3. The fourth-order valence-corrected chi connectivity index (χ4v) is 2.98. The highest BCUT2D eigenvalue weighted by Gasteiger charge is 2.35. The van der Waals surface area contributed by atoms with Crippen LogP contribution in [-0.4, -0.2) is 17.0 Å². The smallest absolute Gasteiger partial charge is 0.418 e. The summed E-state index contributed by atoms with van der Waals surface area (Å²) in [5.74, 6) is -3.39. The molecule has 10 heteroatoms. The number of carbonyl (C=O) groups is 2. The summed E-state index contributed by atoms with van der Waals surface area (Å²) in [6.07, 6.45) is -4.76. The van der Waals surface area contributed by atoms with Crippen molar-refractivity contribution in [3.63, 3.8) is 0 Å². The van der Waals surface area contributed by atoms with Crippen LogP contribution < -0.4 is 10.1 Å².